The highest BCUT2D eigenvalue weighted by Gasteiger charge is 2.31. The van der Waals surface area contributed by atoms with Crippen LogP contribution >= 0.6 is 0 Å². The average Bonchev–Trinajstić information content (AvgIpc) is 2.46. The van der Waals surface area contributed by atoms with Crippen molar-refractivity contribution in [1.82, 2.24) is 4.90 Å². The van der Waals surface area contributed by atoms with Crippen LogP contribution in [0.4, 0.5) is 0 Å². The summed E-state index contributed by atoms with van der Waals surface area (Å²) < 4.78 is 0. The maximum Gasteiger partial charge on any atom is 0.308 e. The second-order valence-electron chi connectivity index (χ2n) is 6.04. The zero-order valence-corrected chi connectivity index (χ0v) is 13.1. The first-order valence-electron chi connectivity index (χ1n) is 8.04. The number of carboxylic acid groups (broad SMARTS) is 1. The van der Waals surface area contributed by atoms with Gasteiger partial charge in [-0.15, -0.1) is 0 Å². The molecule has 1 rings (SSSR count). The summed E-state index contributed by atoms with van der Waals surface area (Å²) in [5.74, 6) is -1.11. The molecule has 1 aliphatic rings. The second-order valence-corrected chi connectivity index (χ2v) is 6.04. The fourth-order valence-corrected chi connectivity index (χ4v) is 3.06. The lowest BCUT2D eigenvalue weighted by Gasteiger charge is -2.37. The Kier molecular flexibility index (Phi) is 7.03. The summed E-state index contributed by atoms with van der Waals surface area (Å²) in [6.07, 6.45) is 7.26. The first kappa shape index (κ1) is 17.0. The summed E-state index contributed by atoms with van der Waals surface area (Å²) in [5, 5.41) is 9.13. The van der Waals surface area contributed by atoms with Crippen molar-refractivity contribution in [3.63, 3.8) is 0 Å². The minimum absolute atomic E-state index is 0.0397. The van der Waals surface area contributed by atoms with Crippen molar-refractivity contribution in [1.29, 1.82) is 0 Å². The standard InChI is InChI=1S/C16H29NO3/c1-4-13(5-2)15(18)17(11-12(3)16(19)20)14-9-7-6-8-10-14/h12-14H,4-11H2,1-3H3,(H,19,20). The highest BCUT2D eigenvalue weighted by molar-refractivity contribution is 5.80. The second kappa shape index (κ2) is 8.28. The van der Waals surface area contributed by atoms with Crippen LogP contribution in [-0.4, -0.2) is 34.5 Å². The summed E-state index contributed by atoms with van der Waals surface area (Å²) >= 11 is 0. The van der Waals surface area contributed by atoms with Crippen molar-refractivity contribution in [3.8, 4) is 0 Å². The van der Waals surface area contributed by atoms with Crippen molar-refractivity contribution >= 4 is 11.9 Å². The van der Waals surface area contributed by atoms with Crippen LogP contribution in [0.25, 0.3) is 0 Å². The molecule has 0 aliphatic heterocycles. The van der Waals surface area contributed by atoms with Crippen LogP contribution in [0, 0.1) is 11.8 Å². The van der Waals surface area contributed by atoms with E-state index in [2.05, 4.69) is 0 Å². The van der Waals surface area contributed by atoms with Crippen LogP contribution in [0.1, 0.15) is 65.7 Å². The molecule has 0 aromatic carbocycles. The van der Waals surface area contributed by atoms with Gasteiger partial charge in [-0.3, -0.25) is 9.59 Å². The van der Waals surface area contributed by atoms with E-state index in [-0.39, 0.29) is 17.9 Å². The van der Waals surface area contributed by atoms with Crippen molar-refractivity contribution < 1.29 is 14.7 Å². The number of amides is 1. The van der Waals surface area contributed by atoms with E-state index in [9.17, 15) is 9.59 Å². The summed E-state index contributed by atoms with van der Waals surface area (Å²) in [7, 11) is 0. The number of carboxylic acids is 1. The molecule has 20 heavy (non-hydrogen) atoms. The molecule has 0 aromatic rings. The molecular formula is C16H29NO3. The maximum absolute atomic E-state index is 12.7. The molecule has 1 unspecified atom stereocenters. The van der Waals surface area contributed by atoms with Crippen LogP contribution in [-0.2, 0) is 9.59 Å². The van der Waals surface area contributed by atoms with Crippen LogP contribution in [0.15, 0.2) is 0 Å². The third kappa shape index (κ3) is 4.50. The summed E-state index contributed by atoms with van der Waals surface area (Å²) in [6.45, 7) is 6.12. The normalized spacial score (nSPS) is 18.0. The maximum atomic E-state index is 12.7. The van der Waals surface area contributed by atoms with Crippen molar-refractivity contribution in [2.45, 2.75) is 71.8 Å². The molecular weight excluding hydrogens is 254 g/mol. The van der Waals surface area contributed by atoms with Gasteiger partial charge in [-0.2, -0.15) is 0 Å². The first-order valence-corrected chi connectivity index (χ1v) is 8.04. The molecule has 4 heteroatoms. The summed E-state index contributed by atoms with van der Waals surface area (Å²) in [6, 6.07) is 0.249. The average molecular weight is 283 g/mol. The van der Waals surface area contributed by atoms with E-state index in [1.165, 1.54) is 6.42 Å². The minimum Gasteiger partial charge on any atom is -0.481 e. The van der Waals surface area contributed by atoms with Gasteiger partial charge in [0.25, 0.3) is 0 Å². The Balaban J connectivity index is 2.81. The fraction of sp³-hybridized carbons (Fsp3) is 0.875. The molecule has 1 atom stereocenters. The highest BCUT2D eigenvalue weighted by Crippen LogP contribution is 2.26. The minimum atomic E-state index is -0.817. The quantitative estimate of drug-likeness (QED) is 0.780. The van der Waals surface area contributed by atoms with Gasteiger partial charge in [-0.1, -0.05) is 40.0 Å². The van der Waals surface area contributed by atoms with Crippen LogP contribution < -0.4 is 0 Å². The number of carbonyl (C=O) groups excluding carboxylic acids is 1. The lowest BCUT2D eigenvalue weighted by atomic mass is 9.91. The zero-order valence-electron chi connectivity index (χ0n) is 13.1. The predicted octanol–water partition coefficient (Wildman–Crippen LogP) is 3.30. The van der Waals surface area contributed by atoms with Crippen LogP contribution in [0.3, 0.4) is 0 Å². The Morgan fingerprint density at radius 1 is 1.15 bits per heavy atom. The number of rotatable bonds is 7. The number of carbonyl (C=O) groups is 2. The molecule has 0 saturated heterocycles. The fourth-order valence-electron chi connectivity index (χ4n) is 3.06. The zero-order chi connectivity index (χ0) is 15.1. The topological polar surface area (TPSA) is 57.6 Å². The molecule has 1 aliphatic carbocycles. The first-order chi connectivity index (χ1) is 9.51. The van der Waals surface area contributed by atoms with E-state index in [1.807, 2.05) is 18.7 Å². The molecule has 1 amide bonds. The van der Waals surface area contributed by atoms with E-state index in [4.69, 9.17) is 5.11 Å². The predicted molar refractivity (Wildman–Crippen MR) is 79.5 cm³/mol. The van der Waals surface area contributed by atoms with Gasteiger partial charge in [-0.05, 0) is 25.7 Å². The molecule has 0 radical (unpaired) electrons. The summed E-state index contributed by atoms with van der Waals surface area (Å²) in [4.78, 5) is 25.7. The van der Waals surface area contributed by atoms with Crippen molar-refractivity contribution in [3.05, 3.63) is 0 Å². The van der Waals surface area contributed by atoms with Crippen molar-refractivity contribution in [2.75, 3.05) is 6.54 Å². The van der Waals surface area contributed by atoms with E-state index < -0.39 is 11.9 Å². The molecule has 4 nitrogen and oxygen atoms in total. The van der Waals surface area contributed by atoms with Gasteiger partial charge >= 0.3 is 5.97 Å². The van der Waals surface area contributed by atoms with Gasteiger partial charge < -0.3 is 10.0 Å². The largest absolute Gasteiger partial charge is 0.481 e. The van der Waals surface area contributed by atoms with Gasteiger partial charge in [-0.25, -0.2) is 0 Å². The Hall–Kier alpha value is -1.06. The van der Waals surface area contributed by atoms with Gasteiger partial charge in [0.05, 0.1) is 5.92 Å². The molecule has 0 aromatic heterocycles. The van der Waals surface area contributed by atoms with E-state index in [1.54, 1.807) is 6.92 Å². The molecule has 0 bridgehead atoms. The Morgan fingerprint density at radius 2 is 1.70 bits per heavy atom. The molecule has 0 heterocycles. The van der Waals surface area contributed by atoms with Gasteiger partial charge in [0.1, 0.15) is 0 Å². The number of nitrogens with zero attached hydrogens (tertiary/aromatic N) is 1. The molecule has 116 valence electrons. The molecule has 0 spiro atoms. The monoisotopic (exact) mass is 283 g/mol. The lowest BCUT2D eigenvalue weighted by molar-refractivity contribution is -0.145. The highest BCUT2D eigenvalue weighted by atomic mass is 16.4. The lowest BCUT2D eigenvalue weighted by Crippen LogP contribution is -2.47. The van der Waals surface area contributed by atoms with E-state index >= 15 is 0 Å². The summed E-state index contributed by atoms with van der Waals surface area (Å²) in [5.41, 5.74) is 0. The number of aliphatic carboxylic acids is 1. The Bertz CT molecular complexity index is 320. The van der Waals surface area contributed by atoms with Gasteiger partial charge in [0.15, 0.2) is 0 Å². The third-order valence-corrected chi connectivity index (χ3v) is 4.53. The van der Waals surface area contributed by atoms with E-state index in [0.29, 0.717) is 6.54 Å². The van der Waals surface area contributed by atoms with Gasteiger partial charge in [0.2, 0.25) is 5.91 Å². The number of hydrogen-bond acceptors (Lipinski definition) is 2. The molecule has 1 fully saturated rings. The Morgan fingerprint density at radius 3 is 2.15 bits per heavy atom. The Labute approximate surface area is 122 Å². The van der Waals surface area contributed by atoms with E-state index in [0.717, 1.165) is 38.5 Å². The van der Waals surface area contributed by atoms with Crippen molar-refractivity contribution in [2.24, 2.45) is 11.8 Å². The third-order valence-electron chi connectivity index (χ3n) is 4.53. The smallest absolute Gasteiger partial charge is 0.308 e. The van der Waals surface area contributed by atoms with Gasteiger partial charge in [0, 0.05) is 18.5 Å². The molecule has 1 N–H and O–H groups in total. The molecule has 1 saturated carbocycles. The SMILES string of the molecule is CCC(CC)C(=O)N(CC(C)C(=O)O)C1CCCCC1. The van der Waals surface area contributed by atoms with Crippen LogP contribution in [0.2, 0.25) is 0 Å². The van der Waals surface area contributed by atoms with Crippen LogP contribution in [0.5, 0.6) is 0 Å². The number of hydrogen-bond donors (Lipinski definition) is 1.